The summed E-state index contributed by atoms with van der Waals surface area (Å²) in [5.74, 6) is -6.71. The van der Waals surface area contributed by atoms with E-state index >= 15 is 0 Å². The van der Waals surface area contributed by atoms with Crippen LogP contribution in [-0.2, 0) is 53.9 Å². The number of likely N-dealkylation sites (tertiary alicyclic amines) is 2. The molecule has 0 radical (unpaired) electrons. The minimum atomic E-state index is -5.29. The van der Waals surface area contributed by atoms with Crippen LogP contribution in [0.25, 0.3) is 0 Å². The number of carbonyl (C=O) groups excluding carboxylic acids is 8. The van der Waals surface area contributed by atoms with Crippen molar-refractivity contribution in [2.45, 2.75) is 106 Å². The number of phenols is 1. The third-order valence-electron chi connectivity index (χ3n) is 10.7. The van der Waals surface area contributed by atoms with Gasteiger partial charge in [-0.25, -0.2) is 4.57 Å². The van der Waals surface area contributed by atoms with Gasteiger partial charge in [-0.05, 0) is 69.7 Å². The molecule has 7 amide bonds. The zero-order valence-electron chi connectivity index (χ0n) is 33.9. The minimum absolute atomic E-state index is 0.0114. The summed E-state index contributed by atoms with van der Waals surface area (Å²) in [5.41, 5.74) is 0.362. The van der Waals surface area contributed by atoms with Gasteiger partial charge >= 0.3 is 7.82 Å². The summed E-state index contributed by atoms with van der Waals surface area (Å²) in [5, 5.41) is 54.9. The van der Waals surface area contributed by atoms with Crippen molar-refractivity contribution in [1.82, 2.24) is 41.7 Å². The van der Waals surface area contributed by atoms with Crippen LogP contribution in [-0.4, -0.2) is 182 Å². The molecule has 4 rings (SSSR count). The van der Waals surface area contributed by atoms with Gasteiger partial charge in [0, 0.05) is 19.5 Å². The predicted octanol–water partition coefficient (Wildman–Crippen LogP) is -5.23. The number of aliphatic hydroxyl groups excluding tert-OH is 3. The largest absolute Gasteiger partial charge is 0.508 e. The van der Waals surface area contributed by atoms with E-state index in [0.29, 0.717) is 37.7 Å². The number of rotatable bonds is 21. The van der Waals surface area contributed by atoms with Crippen molar-refractivity contribution in [2.75, 3.05) is 39.5 Å². The van der Waals surface area contributed by atoms with Gasteiger partial charge in [-0.2, -0.15) is 0 Å². The van der Waals surface area contributed by atoms with Crippen molar-refractivity contribution in [1.29, 1.82) is 0 Å². The lowest BCUT2D eigenvalue weighted by Crippen LogP contribution is -2.62. The van der Waals surface area contributed by atoms with Crippen LogP contribution in [0.4, 0.5) is 0 Å². The Hall–Kier alpha value is -5.07. The fourth-order valence-electron chi connectivity index (χ4n) is 7.35. The number of nitrogens with one attached hydrogen (secondary N) is 6. The van der Waals surface area contributed by atoms with E-state index in [1.54, 1.807) is 0 Å². The number of phosphoric acid groups is 1. The SMILES string of the molecule is C[C@@H](O)[C@H](NC(=O)[C@@H]1CCCN1)C(=O)N[C@@H](CO)C(=O)N1CCC[C@H]1C(=O)N[C@@H](COP(=O)(O)O)C(=O)N[C@@H](Cc1ccc(O)cc1)C(=O)N[C@@H](CO)C(=O)N1CCC[C@H]1C=O. The third kappa shape index (κ3) is 13.7. The van der Waals surface area contributed by atoms with Crippen LogP contribution in [0.3, 0.4) is 0 Å². The van der Waals surface area contributed by atoms with Gasteiger partial charge in [0.05, 0.1) is 38.0 Å². The molecule has 3 fully saturated rings. The highest BCUT2D eigenvalue weighted by Gasteiger charge is 2.41. The number of carbonyl (C=O) groups is 8. The standard InChI is InChI=1S/C37H55N8O16P/c1-20(49)30(43-31(51)24-6-2-12-38-24)35(55)41-27(18-48)37(57)45-14-4-7-29(45)34(54)42-28(19-61-62(58,59)60)33(53)39-25(15-21-8-10-23(50)11-9-21)32(52)40-26(17-47)36(56)44-13-3-5-22(44)16-46/h8-11,16,20,22,24-30,38,47-50H,2-7,12-15,17-19H2,1H3,(H,39,53)(H,40,52)(H,41,55)(H,42,54)(H,43,51)(H2,58,59,60)/t20-,22+,24+,25+,26+,27+,28+,29+,30+/m1/s1. The summed E-state index contributed by atoms with van der Waals surface area (Å²) < 4.78 is 16.3. The first-order valence-electron chi connectivity index (χ1n) is 20.1. The van der Waals surface area contributed by atoms with E-state index in [1.807, 2.05) is 0 Å². The van der Waals surface area contributed by atoms with Gasteiger partial charge in [0.2, 0.25) is 41.4 Å². The molecule has 3 aliphatic heterocycles. The van der Waals surface area contributed by atoms with Gasteiger partial charge in [0.1, 0.15) is 48.3 Å². The van der Waals surface area contributed by atoms with E-state index < -0.39 is 123 Å². The number of aliphatic hydroxyl groups is 3. The first kappa shape index (κ1) is 49.6. The highest BCUT2D eigenvalue weighted by atomic mass is 31.2. The lowest BCUT2D eigenvalue weighted by Gasteiger charge is -2.31. The Morgan fingerprint density at radius 3 is 1.95 bits per heavy atom. The number of hydrogen-bond donors (Lipinski definition) is 12. The number of phosphoric ester groups is 1. The Balaban J connectivity index is 1.51. The molecule has 3 heterocycles. The number of aldehydes is 1. The van der Waals surface area contributed by atoms with Gasteiger partial charge in [-0.3, -0.25) is 38.1 Å². The molecule has 0 saturated carbocycles. The zero-order valence-corrected chi connectivity index (χ0v) is 34.8. The number of phenolic OH excluding ortho intramolecular Hbond substituents is 1. The summed E-state index contributed by atoms with van der Waals surface area (Å²) in [6.07, 6.45) is 1.13. The molecule has 0 unspecified atom stereocenters. The molecule has 1 aromatic carbocycles. The lowest BCUT2D eigenvalue weighted by atomic mass is 10.0. The number of hydrogen-bond acceptors (Lipinski definition) is 15. The highest BCUT2D eigenvalue weighted by Crippen LogP contribution is 2.35. The van der Waals surface area contributed by atoms with Crippen molar-refractivity contribution in [2.24, 2.45) is 0 Å². The Morgan fingerprint density at radius 2 is 1.37 bits per heavy atom. The molecule has 0 aromatic heterocycles. The zero-order chi connectivity index (χ0) is 45.7. The molecule has 0 bridgehead atoms. The van der Waals surface area contributed by atoms with Crippen molar-refractivity contribution >= 4 is 55.5 Å². The summed E-state index contributed by atoms with van der Waals surface area (Å²) in [4.78, 5) is 127. The Morgan fingerprint density at radius 1 is 0.790 bits per heavy atom. The molecule has 3 saturated heterocycles. The van der Waals surface area contributed by atoms with Gasteiger partial charge in [-0.1, -0.05) is 12.1 Å². The predicted molar refractivity (Wildman–Crippen MR) is 212 cm³/mol. The van der Waals surface area contributed by atoms with Gasteiger partial charge in [0.15, 0.2) is 0 Å². The topological polar surface area (TPSA) is 363 Å². The van der Waals surface area contributed by atoms with E-state index in [2.05, 4.69) is 36.4 Å². The fourth-order valence-corrected chi connectivity index (χ4v) is 7.70. The molecule has 3 aliphatic rings. The van der Waals surface area contributed by atoms with Crippen LogP contribution >= 0.6 is 7.82 Å². The van der Waals surface area contributed by atoms with E-state index in [1.165, 1.54) is 36.1 Å². The number of amides is 7. The summed E-state index contributed by atoms with van der Waals surface area (Å²) >= 11 is 0. The Kier molecular flexibility index (Phi) is 18.3. The monoisotopic (exact) mass is 898 g/mol. The molecule has 12 N–H and O–H groups in total. The van der Waals surface area contributed by atoms with Gasteiger partial charge < -0.3 is 76.7 Å². The molecule has 24 nitrogen and oxygen atoms in total. The van der Waals surface area contributed by atoms with Gasteiger partial charge in [0.25, 0.3) is 0 Å². The maximum atomic E-state index is 13.9. The van der Waals surface area contributed by atoms with E-state index in [-0.39, 0.29) is 38.1 Å². The first-order valence-corrected chi connectivity index (χ1v) is 21.6. The number of benzene rings is 1. The highest BCUT2D eigenvalue weighted by molar-refractivity contribution is 7.46. The molecule has 9 atom stereocenters. The molecule has 0 spiro atoms. The normalized spacial score (nSPS) is 21.7. The van der Waals surface area contributed by atoms with Crippen LogP contribution < -0.4 is 31.9 Å². The van der Waals surface area contributed by atoms with Crippen LogP contribution in [0.5, 0.6) is 5.75 Å². The van der Waals surface area contributed by atoms with Crippen molar-refractivity contribution in [3.05, 3.63) is 29.8 Å². The molecular weight excluding hydrogens is 843 g/mol. The molecule has 1 aromatic rings. The molecule has 0 aliphatic carbocycles. The fraction of sp³-hybridized carbons (Fsp3) is 0.622. The molecule has 344 valence electrons. The number of aromatic hydroxyl groups is 1. The second-order valence-corrected chi connectivity index (χ2v) is 16.4. The van der Waals surface area contributed by atoms with Crippen molar-refractivity contribution in [3.8, 4) is 5.75 Å². The summed E-state index contributed by atoms with van der Waals surface area (Å²) in [7, 11) is -5.29. The summed E-state index contributed by atoms with van der Waals surface area (Å²) in [6, 6.07) is -5.65. The van der Waals surface area contributed by atoms with Crippen molar-refractivity contribution < 1.29 is 77.7 Å². The minimum Gasteiger partial charge on any atom is -0.508 e. The number of nitrogens with zero attached hydrogens (tertiary/aromatic N) is 2. The average Bonchev–Trinajstić information content (AvgIpc) is 4.05. The molecular formula is C37H55N8O16P. The van der Waals surface area contributed by atoms with Crippen LogP contribution in [0.2, 0.25) is 0 Å². The lowest BCUT2D eigenvalue weighted by molar-refractivity contribution is -0.144. The van der Waals surface area contributed by atoms with Crippen LogP contribution in [0, 0.1) is 0 Å². The maximum absolute atomic E-state index is 13.9. The smallest absolute Gasteiger partial charge is 0.469 e. The third-order valence-corrected chi connectivity index (χ3v) is 11.1. The second-order valence-electron chi connectivity index (χ2n) is 15.2. The van der Waals surface area contributed by atoms with E-state index in [9.17, 15) is 73.1 Å². The average molecular weight is 899 g/mol. The maximum Gasteiger partial charge on any atom is 0.469 e. The molecule has 62 heavy (non-hydrogen) atoms. The van der Waals surface area contributed by atoms with E-state index in [4.69, 9.17) is 0 Å². The van der Waals surface area contributed by atoms with Gasteiger partial charge in [-0.15, -0.1) is 0 Å². The molecule has 25 heteroatoms. The van der Waals surface area contributed by atoms with E-state index in [0.717, 1.165) is 11.3 Å². The van der Waals surface area contributed by atoms with Crippen LogP contribution in [0.15, 0.2) is 24.3 Å². The Bertz CT molecular complexity index is 1830. The second kappa shape index (κ2) is 22.9. The quantitative estimate of drug-likeness (QED) is 0.0405. The summed E-state index contributed by atoms with van der Waals surface area (Å²) in [6.45, 7) is -1.10. The van der Waals surface area contributed by atoms with Crippen LogP contribution in [0.1, 0.15) is 51.0 Å². The Labute approximate surface area is 355 Å². The van der Waals surface area contributed by atoms with Crippen molar-refractivity contribution in [3.63, 3.8) is 0 Å². The first-order chi connectivity index (χ1) is 29.4.